The molecule has 1 aromatic rings. The van der Waals surface area contributed by atoms with Crippen LogP contribution in [0.4, 0.5) is 0 Å². The Kier molecular flexibility index (Phi) is 6.93. The molecule has 4 heteroatoms. The van der Waals surface area contributed by atoms with Crippen LogP contribution < -0.4 is 5.43 Å². The quantitative estimate of drug-likeness (QED) is 0.441. The van der Waals surface area contributed by atoms with Gasteiger partial charge in [0.15, 0.2) is 0 Å². The Morgan fingerprint density at radius 1 is 1.26 bits per heavy atom. The normalized spacial score (nSPS) is 11.6. The van der Waals surface area contributed by atoms with Crippen LogP contribution in [0.15, 0.2) is 21.7 Å². The van der Waals surface area contributed by atoms with Crippen LogP contribution in [-0.2, 0) is 4.79 Å². The number of aryl methyl sites for hydroxylation is 1. The van der Waals surface area contributed by atoms with Crippen LogP contribution in [0.5, 0.6) is 0 Å². The molecule has 1 N–H and O–H groups in total. The third-order valence-electron chi connectivity index (χ3n) is 2.95. The van der Waals surface area contributed by atoms with Gasteiger partial charge in [0.1, 0.15) is 17.2 Å². The zero-order valence-electron chi connectivity index (χ0n) is 12.2. The van der Waals surface area contributed by atoms with Gasteiger partial charge in [0.05, 0.1) is 0 Å². The van der Waals surface area contributed by atoms with Gasteiger partial charge in [-0.25, -0.2) is 5.43 Å². The molecular formula is C15H24N2O2. The van der Waals surface area contributed by atoms with E-state index in [4.69, 9.17) is 4.42 Å². The molecule has 0 fully saturated rings. The van der Waals surface area contributed by atoms with Crippen molar-refractivity contribution >= 4 is 11.6 Å². The van der Waals surface area contributed by atoms with Gasteiger partial charge in [-0.2, -0.15) is 5.10 Å². The minimum absolute atomic E-state index is 0.0286. The zero-order chi connectivity index (χ0) is 14.1. The first-order valence-electron chi connectivity index (χ1n) is 7.03. The molecule has 0 saturated heterocycles. The van der Waals surface area contributed by atoms with Crippen LogP contribution in [0.1, 0.15) is 63.9 Å². The largest absolute Gasteiger partial charge is 0.460 e. The average molecular weight is 264 g/mol. The SMILES string of the molecule is CCCCCCCC(=O)N/N=C(\C)c1ccc(C)o1. The van der Waals surface area contributed by atoms with E-state index in [2.05, 4.69) is 17.5 Å². The Hall–Kier alpha value is -1.58. The van der Waals surface area contributed by atoms with E-state index in [9.17, 15) is 4.79 Å². The third kappa shape index (κ3) is 6.22. The standard InChI is InChI=1S/C15H24N2O2/c1-4-5-6-7-8-9-15(18)17-16-13(3)14-11-10-12(2)19-14/h10-11H,4-9H2,1-3H3,(H,17,18)/b16-13+. The Morgan fingerprint density at radius 3 is 2.63 bits per heavy atom. The third-order valence-corrected chi connectivity index (χ3v) is 2.95. The molecule has 4 nitrogen and oxygen atoms in total. The fraction of sp³-hybridized carbons (Fsp3) is 0.600. The van der Waals surface area contributed by atoms with E-state index in [-0.39, 0.29) is 5.91 Å². The summed E-state index contributed by atoms with van der Waals surface area (Å²) in [5.41, 5.74) is 3.26. The molecule has 106 valence electrons. The highest BCUT2D eigenvalue weighted by Crippen LogP contribution is 2.07. The van der Waals surface area contributed by atoms with E-state index in [0.717, 1.165) is 18.6 Å². The molecule has 0 unspecified atom stereocenters. The first kappa shape index (κ1) is 15.5. The van der Waals surface area contributed by atoms with Gasteiger partial charge >= 0.3 is 0 Å². The number of hydrazone groups is 1. The number of nitrogens with one attached hydrogen (secondary N) is 1. The Labute approximate surface area is 115 Å². The zero-order valence-corrected chi connectivity index (χ0v) is 12.2. The summed E-state index contributed by atoms with van der Waals surface area (Å²) < 4.78 is 5.42. The maximum Gasteiger partial charge on any atom is 0.240 e. The van der Waals surface area contributed by atoms with E-state index < -0.39 is 0 Å². The van der Waals surface area contributed by atoms with Crippen LogP contribution in [0.2, 0.25) is 0 Å². The topological polar surface area (TPSA) is 54.6 Å². The fourth-order valence-corrected chi connectivity index (χ4v) is 1.78. The number of hydrogen-bond donors (Lipinski definition) is 1. The van der Waals surface area contributed by atoms with E-state index in [1.165, 1.54) is 19.3 Å². The van der Waals surface area contributed by atoms with Crippen LogP contribution in [0.3, 0.4) is 0 Å². The molecule has 0 atom stereocenters. The van der Waals surface area contributed by atoms with Gasteiger partial charge in [0.2, 0.25) is 5.91 Å². The Balaban J connectivity index is 2.25. The van der Waals surface area contributed by atoms with Gasteiger partial charge in [-0.3, -0.25) is 4.79 Å². The number of amides is 1. The summed E-state index contributed by atoms with van der Waals surface area (Å²) in [5, 5.41) is 4.05. The summed E-state index contributed by atoms with van der Waals surface area (Å²) in [6.07, 6.45) is 6.26. The predicted molar refractivity (Wildman–Crippen MR) is 77.2 cm³/mol. The molecule has 0 bridgehead atoms. The van der Waals surface area contributed by atoms with Crippen molar-refractivity contribution in [2.75, 3.05) is 0 Å². The monoisotopic (exact) mass is 264 g/mol. The highest BCUT2D eigenvalue weighted by molar-refractivity contribution is 5.96. The molecule has 0 aliphatic carbocycles. The molecule has 1 rings (SSSR count). The van der Waals surface area contributed by atoms with Gasteiger partial charge in [-0.05, 0) is 32.4 Å². The second-order valence-electron chi connectivity index (χ2n) is 4.81. The fourth-order valence-electron chi connectivity index (χ4n) is 1.78. The lowest BCUT2D eigenvalue weighted by Crippen LogP contribution is -2.18. The molecule has 1 amide bonds. The first-order valence-corrected chi connectivity index (χ1v) is 7.03. The van der Waals surface area contributed by atoms with E-state index in [0.29, 0.717) is 17.9 Å². The van der Waals surface area contributed by atoms with E-state index in [1.54, 1.807) is 0 Å². The van der Waals surface area contributed by atoms with Crippen molar-refractivity contribution in [1.82, 2.24) is 5.43 Å². The van der Waals surface area contributed by atoms with Crippen molar-refractivity contribution in [1.29, 1.82) is 0 Å². The Morgan fingerprint density at radius 2 is 2.00 bits per heavy atom. The van der Waals surface area contributed by atoms with Crippen molar-refractivity contribution in [2.24, 2.45) is 5.10 Å². The van der Waals surface area contributed by atoms with E-state index >= 15 is 0 Å². The molecule has 0 spiro atoms. The maximum absolute atomic E-state index is 11.6. The summed E-state index contributed by atoms with van der Waals surface area (Å²) in [4.78, 5) is 11.6. The second kappa shape index (κ2) is 8.51. The first-order chi connectivity index (χ1) is 9.13. The van der Waals surface area contributed by atoms with Gasteiger partial charge in [0.25, 0.3) is 0 Å². The average Bonchev–Trinajstić information content (AvgIpc) is 2.82. The summed E-state index contributed by atoms with van der Waals surface area (Å²) in [6, 6.07) is 3.73. The van der Waals surface area contributed by atoms with Gasteiger partial charge in [-0.1, -0.05) is 32.6 Å². The minimum atomic E-state index is -0.0286. The number of carbonyl (C=O) groups is 1. The smallest absolute Gasteiger partial charge is 0.240 e. The minimum Gasteiger partial charge on any atom is -0.460 e. The second-order valence-corrected chi connectivity index (χ2v) is 4.81. The lowest BCUT2D eigenvalue weighted by Gasteiger charge is -2.01. The molecule has 0 radical (unpaired) electrons. The molecular weight excluding hydrogens is 240 g/mol. The highest BCUT2D eigenvalue weighted by Gasteiger charge is 2.04. The van der Waals surface area contributed by atoms with Crippen LogP contribution >= 0.6 is 0 Å². The van der Waals surface area contributed by atoms with E-state index in [1.807, 2.05) is 26.0 Å². The summed E-state index contributed by atoms with van der Waals surface area (Å²) in [6.45, 7) is 5.88. The van der Waals surface area contributed by atoms with Crippen LogP contribution in [-0.4, -0.2) is 11.6 Å². The van der Waals surface area contributed by atoms with Crippen LogP contribution in [0, 0.1) is 6.92 Å². The summed E-state index contributed by atoms with van der Waals surface area (Å²) >= 11 is 0. The highest BCUT2D eigenvalue weighted by atomic mass is 16.3. The van der Waals surface area contributed by atoms with Crippen molar-refractivity contribution in [2.45, 2.75) is 59.3 Å². The summed E-state index contributed by atoms with van der Waals surface area (Å²) in [5.74, 6) is 1.51. The lowest BCUT2D eigenvalue weighted by atomic mass is 10.1. The molecule has 0 saturated carbocycles. The molecule has 0 aliphatic rings. The molecule has 19 heavy (non-hydrogen) atoms. The Bertz CT molecular complexity index is 422. The van der Waals surface area contributed by atoms with Gasteiger partial charge in [-0.15, -0.1) is 0 Å². The summed E-state index contributed by atoms with van der Waals surface area (Å²) in [7, 11) is 0. The number of unbranched alkanes of at least 4 members (excludes halogenated alkanes) is 4. The van der Waals surface area contributed by atoms with Crippen LogP contribution in [0.25, 0.3) is 0 Å². The number of nitrogens with zero attached hydrogens (tertiary/aromatic N) is 1. The predicted octanol–water partition coefficient (Wildman–Crippen LogP) is 3.79. The number of furan rings is 1. The van der Waals surface area contributed by atoms with Gasteiger partial charge in [0, 0.05) is 6.42 Å². The molecule has 1 heterocycles. The van der Waals surface area contributed by atoms with Gasteiger partial charge < -0.3 is 4.42 Å². The molecule has 0 aliphatic heterocycles. The molecule has 0 aromatic carbocycles. The lowest BCUT2D eigenvalue weighted by molar-refractivity contribution is -0.121. The number of carbonyl (C=O) groups excluding carboxylic acids is 1. The number of rotatable bonds is 8. The number of hydrogen-bond acceptors (Lipinski definition) is 3. The molecule has 1 aromatic heterocycles. The van der Waals surface area contributed by atoms with Crippen molar-refractivity contribution in [3.05, 3.63) is 23.7 Å². The van der Waals surface area contributed by atoms with Crippen molar-refractivity contribution in [3.63, 3.8) is 0 Å². The maximum atomic E-state index is 11.6. The van der Waals surface area contributed by atoms with Crippen molar-refractivity contribution < 1.29 is 9.21 Å². The van der Waals surface area contributed by atoms with Crippen molar-refractivity contribution in [3.8, 4) is 0 Å².